The Kier molecular flexibility index (Phi) is 5.23. The maximum Gasteiger partial charge on any atom is 0.148 e. The SMILES string of the molecule is [2H]C([2H])(C1CCOC(C)(C)C1)N1CC2CC(Nc3ccc(-c4ccc5nn(C)cc5c4C)nn3)CC2C1. The largest absolute Gasteiger partial charge is 0.376 e. The van der Waals surface area contributed by atoms with Gasteiger partial charge in [0.2, 0.25) is 0 Å². The zero-order valence-electron chi connectivity index (χ0n) is 23.3. The molecule has 2 saturated heterocycles. The van der Waals surface area contributed by atoms with Crippen LogP contribution in [0.25, 0.3) is 22.2 Å². The van der Waals surface area contributed by atoms with Crippen LogP contribution >= 0.6 is 0 Å². The van der Waals surface area contributed by atoms with Gasteiger partial charge in [0.05, 0.1) is 16.8 Å². The molecule has 0 bridgehead atoms. The molecule has 2 aromatic heterocycles. The first-order chi connectivity index (χ1) is 17.6. The van der Waals surface area contributed by atoms with Crippen molar-refractivity contribution in [1.29, 1.82) is 0 Å². The minimum Gasteiger partial charge on any atom is -0.376 e. The van der Waals surface area contributed by atoms with Gasteiger partial charge >= 0.3 is 0 Å². The van der Waals surface area contributed by atoms with Crippen molar-refractivity contribution in [3.63, 3.8) is 0 Å². The third-order valence-electron chi connectivity index (χ3n) is 8.18. The minimum atomic E-state index is -1.27. The monoisotopic (exact) mass is 476 g/mol. The summed E-state index contributed by atoms with van der Waals surface area (Å²) in [5, 5.41) is 18.3. The summed E-state index contributed by atoms with van der Waals surface area (Å²) in [6, 6.07) is 8.55. The van der Waals surface area contributed by atoms with E-state index in [4.69, 9.17) is 7.48 Å². The first-order valence-electron chi connectivity index (χ1n) is 14.0. The van der Waals surface area contributed by atoms with E-state index < -0.39 is 6.50 Å². The highest BCUT2D eigenvalue weighted by molar-refractivity contribution is 5.88. The van der Waals surface area contributed by atoms with Crippen molar-refractivity contribution < 1.29 is 7.48 Å². The molecule has 7 heteroatoms. The molecule has 1 saturated carbocycles. The van der Waals surface area contributed by atoms with Gasteiger partial charge in [-0.3, -0.25) is 4.68 Å². The van der Waals surface area contributed by atoms with E-state index in [1.807, 2.05) is 36.1 Å². The number of likely N-dealkylation sites (tertiary alicyclic amines) is 1. The number of aryl methyl sites for hydroxylation is 2. The van der Waals surface area contributed by atoms with E-state index in [-0.39, 0.29) is 11.5 Å². The fourth-order valence-corrected chi connectivity index (χ4v) is 6.51. The minimum absolute atomic E-state index is 0.0280. The van der Waals surface area contributed by atoms with Gasteiger partial charge in [0.25, 0.3) is 0 Å². The van der Waals surface area contributed by atoms with Crippen LogP contribution in [0.15, 0.2) is 30.5 Å². The molecule has 3 aromatic rings. The number of ether oxygens (including phenoxy) is 1. The standard InChI is InChI=1S/C28H38N6O/c1-18-23(5-6-26-24(18)17-33(4)32-26)25-7-8-27(31-30-25)29-22-11-20-15-34(16-21(20)12-22)14-19-9-10-35-28(2,3)13-19/h5-8,17,19-22H,9-16H2,1-4H3,(H,29,31)/i14D2. The Morgan fingerprint density at radius 1 is 1.14 bits per heavy atom. The van der Waals surface area contributed by atoms with Crippen LogP contribution in [-0.4, -0.2) is 62.7 Å². The molecule has 1 aliphatic carbocycles. The molecule has 0 amide bonds. The first-order valence-corrected chi connectivity index (χ1v) is 13.0. The van der Waals surface area contributed by atoms with Gasteiger partial charge < -0.3 is 15.0 Å². The highest BCUT2D eigenvalue weighted by Gasteiger charge is 2.42. The molecular weight excluding hydrogens is 436 g/mol. The van der Waals surface area contributed by atoms with Crippen molar-refractivity contribution in [1.82, 2.24) is 24.9 Å². The van der Waals surface area contributed by atoms with Gasteiger partial charge in [0.15, 0.2) is 0 Å². The second-order valence-electron chi connectivity index (χ2n) is 11.4. The number of fused-ring (bicyclic) bond motifs is 2. The summed E-state index contributed by atoms with van der Waals surface area (Å²) >= 11 is 0. The van der Waals surface area contributed by atoms with E-state index in [1.54, 1.807) is 0 Å². The number of rotatable bonds is 5. The highest BCUT2D eigenvalue weighted by Crippen LogP contribution is 2.40. The molecule has 3 aliphatic rings. The van der Waals surface area contributed by atoms with Crippen LogP contribution in [-0.2, 0) is 11.8 Å². The molecule has 6 rings (SSSR count). The van der Waals surface area contributed by atoms with E-state index in [1.165, 1.54) is 0 Å². The molecule has 0 spiro atoms. The second-order valence-corrected chi connectivity index (χ2v) is 11.4. The van der Waals surface area contributed by atoms with Gasteiger partial charge in [-0.15, -0.1) is 10.2 Å². The van der Waals surface area contributed by atoms with Gasteiger partial charge in [0, 0.05) is 59.2 Å². The number of nitrogens with zero attached hydrogens (tertiary/aromatic N) is 5. The third kappa shape index (κ3) is 4.68. The van der Waals surface area contributed by atoms with Crippen molar-refractivity contribution in [3.05, 3.63) is 36.0 Å². The predicted molar refractivity (Wildman–Crippen MR) is 139 cm³/mol. The first kappa shape index (κ1) is 20.7. The van der Waals surface area contributed by atoms with Crippen LogP contribution in [0.4, 0.5) is 5.82 Å². The van der Waals surface area contributed by atoms with E-state index in [0.29, 0.717) is 24.5 Å². The molecule has 35 heavy (non-hydrogen) atoms. The molecule has 0 radical (unpaired) electrons. The molecule has 1 N–H and O–H groups in total. The van der Waals surface area contributed by atoms with Crippen molar-refractivity contribution in [2.45, 2.75) is 58.1 Å². The number of aromatic nitrogens is 4. The summed E-state index contributed by atoms with van der Waals surface area (Å²) in [5.74, 6) is 1.90. The normalized spacial score (nSPS) is 29.7. The highest BCUT2D eigenvalue weighted by atomic mass is 16.5. The van der Waals surface area contributed by atoms with Crippen LogP contribution in [0.1, 0.15) is 47.8 Å². The maximum atomic E-state index is 8.95. The van der Waals surface area contributed by atoms with E-state index >= 15 is 0 Å². The number of anilines is 1. The van der Waals surface area contributed by atoms with Gasteiger partial charge in [-0.25, -0.2) is 0 Å². The Morgan fingerprint density at radius 2 is 1.94 bits per heavy atom. The third-order valence-corrected chi connectivity index (χ3v) is 8.18. The van der Waals surface area contributed by atoms with Crippen LogP contribution in [0.5, 0.6) is 0 Å². The second kappa shape index (κ2) is 8.86. The fraction of sp³-hybridized carbons (Fsp3) is 0.607. The molecule has 3 unspecified atom stereocenters. The lowest BCUT2D eigenvalue weighted by Gasteiger charge is -2.37. The molecule has 4 heterocycles. The fourth-order valence-electron chi connectivity index (χ4n) is 6.51. The van der Waals surface area contributed by atoms with Crippen LogP contribution < -0.4 is 5.32 Å². The summed E-state index contributed by atoms with van der Waals surface area (Å²) in [6.45, 7) is 7.34. The lowest BCUT2D eigenvalue weighted by molar-refractivity contribution is -0.0762. The van der Waals surface area contributed by atoms with Gasteiger partial charge in [-0.2, -0.15) is 5.10 Å². The summed E-state index contributed by atoms with van der Waals surface area (Å²) in [4.78, 5) is 2.13. The number of hydrogen-bond acceptors (Lipinski definition) is 6. The van der Waals surface area contributed by atoms with Crippen molar-refractivity contribution in [2.75, 3.05) is 31.5 Å². The lowest BCUT2D eigenvalue weighted by atomic mass is 9.88. The summed E-state index contributed by atoms with van der Waals surface area (Å²) in [6.07, 6.45) is 5.73. The van der Waals surface area contributed by atoms with Crippen molar-refractivity contribution in [2.24, 2.45) is 24.8 Å². The van der Waals surface area contributed by atoms with E-state index in [2.05, 4.69) is 52.4 Å². The summed E-state index contributed by atoms with van der Waals surface area (Å²) in [5.41, 5.74) is 3.87. The Bertz CT molecular complexity index is 1280. The Balaban J connectivity index is 1.07. The predicted octanol–water partition coefficient (Wildman–Crippen LogP) is 4.67. The zero-order chi connectivity index (χ0) is 25.9. The average molecular weight is 477 g/mol. The number of hydrogen-bond donors (Lipinski definition) is 1. The molecular formula is C28H38N6O. The maximum absolute atomic E-state index is 8.95. The van der Waals surface area contributed by atoms with Crippen LogP contribution in [0, 0.1) is 24.7 Å². The molecule has 2 aliphatic heterocycles. The lowest BCUT2D eigenvalue weighted by Crippen LogP contribution is -2.39. The van der Waals surface area contributed by atoms with Gasteiger partial charge in [-0.05, 0) is 88.0 Å². The van der Waals surface area contributed by atoms with Crippen LogP contribution in [0.2, 0.25) is 0 Å². The van der Waals surface area contributed by atoms with Crippen molar-refractivity contribution in [3.8, 4) is 11.3 Å². The number of nitrogens with one attached hydrogen (secondary N) is 1. The smallest absolute Gasteiger partial charge is 0.148 e. The Labute approximate surface area is 211 Å². The summed E-state index contributed by atoms with van der Waals surface area (Å²) < 4.78 is 25.6. The number of benzene rings is 1. The Hall–Kier alpha value is -2.51. The average Bonchev–Trinajstić information content (AvgIpc) is 3.52. The quantitative estimate of drug-likeness (QED) is 0.577. The van der Waals surface area contributed by atoms with Gasteiger partial charge in [0.1, 0.15) is 5.82 Å². The molecule has 3 atom stereocenters. The molecule has 1 aromatic carbocycles. The van der Waals surface area contributed by atoms with Gasteiger partial charge in [-0.1, -0.05) is 6.07 Å². The summed E-state index contributed by atoms with van der Waals surface area (Å²) in [7, 11) is 1.94. The Morgan fingerprint density at radius 3 is 2.66 bits per heavy atom. The molecule has 7 nitrogen and oxygen atoms in total. The molecule has 186 valence electrons. The topological polar surface area (TPSA) is 68.1 Å². The zero-order valence-corrected chi connectivity index (χ0v) is 21.3. The molecule has 3 fully saturated rings. The van der Waals surface area contributed by atoms with Crippen LogP contribution in [0.3, 0.4) is 0 Å². The van der Waals surface area contributed by atoms with E-state index in [9.17, 15) is 0 Å². The van der Waals surface area contributed by atoms with Crippen molar-refractivity contribution >= 4 is 16.7 Å². The van der Waals surface area contributed by atoms with E-state index in [0.717, 1.165) is 72.3 Å².